The van der Waals surface area contributed by atoms with Gasteiger partial charge in [-0.3, -0.25) is 9.59 Å². The number of aliphatic hydroxyl groups is 2. The van der Waals surface area contributed by atoms with Crippen molar-refractivity contribution in [1.29, 1.82) is 0 Å². The van der Waals surface area contributed by atoms with E-state index < -0.39 is 29.0 Å². The zero-order valence-electron chi connectivity index (χ0n) is 22.8. The van der Waals surface area contributed by atoms with E-state index in [2.05, 4.69) is 41.5 Å². The van der Waals surface area contributed by atoms with Gasteiger partial charge in [0.05, 0.1) is 17.6 Å². The minimum atomic E-state index is -0.782. The summed E-state index contributed by atoms with van der Waals surface area (Å²) in [5, 5.41) is 32.9. The summed E-state index contributed by atoms with van der Waals surface area (Å²) in [6.07, 6.45) is 6.91. The molecular weight excluding hydrogens is 440 g/mol. The third kappa shape index (κ3) is 2.94. The molecular formula is C30H46O5. The highest BCUT2D eigenvalue weighted by Crippen LogP contribution is 2.75. The fourth-order valence-corrected chi connectivity index (χ4v) is 10.3. The van der Waals surface area contributed by atoms with Crippen molar-refractivity contribution >= 4 is 11.8 Å². The maximum absolute atomic E-state index is 14.2. The highest BCUT2D eigenvalue weighted by atomic mass is 16.4. The van der Waals surface area contributed by atoms with Crippen LogP contribution in [0.15, 0.2) is 11.6 Å². The smallest absolute Gasteiger partial charge is 0.309 e. The van der Waals surface area contributed by atoms with Crippen LogP contribution in [-0.2, 0) is 9.59 Å². The number of hydrogen-bond donors (Lipinski definition) is 3. The molecule has 0 bridgehead atoms. The van der Waals surface area contributed by atoms with Gasteiger partial charge in [0.2, 0.25) is 0 Å². The van der Waals surface area contributed by atoms with Crippen molar-refractivity contribution in [2.45, 2.75) is 112 Å². The Balaban J connectivity index is 1.66. The average Bonchev–Trinajstić information content (AvgIpc) is 2.76. The lowest BCUT2D eigenvalue weighted by molar-refractivity contribution is -0.238. The lowest BCUT2D eigenvalue weighted by atomic mass is 9.33. The quantitative estimate of drug-likeness (QED) is 0.462. The highest BCUT2D eigenvalue weighted by Gasteiger charge is 2.72. The van der Waals surface area contributed by atoms with Crippen molar-refractivity contribution in [2.24, 2.45) is 50.2 Å². The molecule has 0 amide bonds. The average molecular weight is 487 g/mol. The van der Waals surface area contributed by atoms with Crippen LogP contribution in [0, 0.1) is 50.2 Å². The molecule has 3 N–H and O–H groups in total. The van der Waals surface area contributed by atoms with Crippen LogP contribution in [0.1, 0.15) is 99.8 Å². The van der Waals surface area contributed by atoms with Gasteiger partial charge in [-0.2, -0.15) is 0 Å². The van der Waals surface area contributed by atoms with Crippen LogP contribution in [0.25, 0.3) is 0 Å². The Hall–Kier alpha value is -1.20. The number of hydrogen-bond acceptors (Lipinski definition) is 4. The van der Waals surface area contributed by atoms with Crippen molar-refractivity contribution in [3.8, 4) is 0 Å². The molecule has 0 saturated heterocycles. The van der Waals surface area contributed by atoms with Gasteiger partial charge in [-0.25, -0.2) is 0 Å². The molecule has 5 heteroatoms. The van der Waals surface area contributed by atoms with Gasteiger partial charge in [0.1, 0.15) is 0 Å². The zero-order valence-corrected chi connectivity index (χ0v) is 22.8. The summed E-state index contributed by atoms with van der Waals surface area (Å²) >= 11 is 0. The van der Waals surface area contributed by atoms with E-state index >= 15 is 0 Å². The molecule has 0 radical (unpaired) electrons. The summed E-state index contributed by atoms with van der Waals surface area (Å²) in [5.74, 6) is -0.823. The summed E-state index contributed by atoms with van der Waals surface area (Å²) < 4.78 is 0. The van der Waals surface area contributed by atoms with E-state index in [0.29, 0.717) is 25.7 Å². The number of carbonyl (C=O) groups excluding carboxylic acids is 1. The number of rotatable bonds is 1. The van der Waals surface area contributed by atoms with Gasteiger partial charge in [0, 0.05) is 11.3 Å². The van der Waals surface area contributed by atoms with Gasteiger partial charge in [-0.05, 0) is 97.9 Å². The second kappa shape index (κ2) is 7.22. The van der Waals surface area contributed by atoms with Crippen LogP contribution in [0.4, 0.5) is 0 Å². The number of fused-ring (bicyclic) bond motifs is 7. The standard InChI is InChI=1S/C30H46O5/c1-25(2)20-15-22(33)30(7)23(28(20,5)9-8-21(25)32)19(31)14-17-18-16-27(4,24(34)35)11-10-26(18,3)12-13-29(17,30)6/h14,18,20-23,32-33H,8-13,15-16H2,1-7H3,(H,34,35)/t18-,20?,21+,22-,23-,26-,27+,28+,29-,30-/m1/s1. The molecule has 0 spiro atoms. The zero-order chi connectivity index (χ0) is 26.0. The lowest BCUT2D eigenvalue weighted by Crippen LogP contribution is -2.70. The van der Waals surface area contributed by atoms with E-state index in [4.69, 9.17) is 0 Å². The van der Waals surface area contributed by atoms with Gasteiger partial charge in [0.15, 0.2) is 5.78 Å². The largest absolute Gasteiger partial charge is 0.481 e. The van der Waals surface area contributed by atoms with Gasteiger partial charge in [-0.15, -0.1) is 0 Å². The van der Waals surface area contributed by atoms with Crippen LogP contribution in [-0.4, -0.2) is 39.3 Å². The normalized spacial score (nSPS) is 55.1. The Morgan fingerprint density at radius 1 is 0.914 bits per heavy atom. The molecule has 5 nitrogen and oxygen atoms in total. The summed E-state index contributed by atoms with van der Waals surface area (Å²) in [7, 11) is 0. The van der Waals surface area contributed by atoms with Crippen molar-refractivity contribution in [3.63, 3.8) is 0 Å². The predicted molar refractivity (Wildman–Crippen MR) is 134 cm³/mol. The number of aliphatic carboxylic acids is 1. The number of ketones is 1. The fraction of sp³-hybridized carbons (Fsp3) is 0.867. The van der Waals surface area contributed by atoms with E-state index in [9.17, 15) is 24.9 Å². The van der Waals surface area contributed by atoms with E-state index in [1.165, 1.54) is 0 Å². The van der Waals surface area contributed by atoms with Crippen LogP contribution in [0.2, 0.25) is 0 Å². The summed E-state index contributed by atoms with van der Waals surface area (Å²) in [5.41, 5.74) is -1.31. The molecule has 5 aliphatic rings. The first-order valence-electron chi connectivity index (χ1n) is 13.8. The first kappa shape index (κ1) is 25.4. The molecule has 35 heavy (non-hydrogen) atoms. The van der Waals surface area contributed by atoms with Crippen LogP contribution >= 0.6 is 0 Å². The number of carboxylic acid groups (broad SMARTS) is 1. The van der Waals surface area contributed by atoms with Crippen LogP contribution < -0.4 is 0 Å². The Kier molecular flexibility index (Phi) is 5.25. The van der Waals surface area contributed by atoms with Gasteiger partial charge >= 0.3 is 5.97 Å². The monoisotopic (exact) mass is 486 g/mol. The molecule has 0 aromatic heterocycles. The molecule has 0 heterocycles. The fourth-order valence-electron chi connectivity index (χ4n) is 10.3. The van der Waals surface area contributed by atoms with Crippen molar-refractivity contribution in [3.05, 3.63) is 11.6 Å². The lowest BCUT2D eigenvalue weighted by Gasteiger charge is -2.71. The molecule has 0 aromatic rings. The summed E-state index contributed by atoms with van der Waals surface area (Å²) in [4.78, 5) is 26.5. The molecule has 5 aliphatic carbocycles. The molecule has 10 atom stereocenters. The Bertz CT molecular complexity index is 999. The second-order valence-electron chi connectivity index (χ2n) is 15.0. The first-order valence-corrected chi connectivity index (χ1v) is 13.8. The number of aliphatic hydroxyl groups excluding tert-OH is 2. The molecule has 196 valence electrons. The third-order valence-electron chi connectivity index (χ3n) is 13.2. The second-order valence-corrected chi connectivity index (χ2v) is 15.0. The van der Waals surface area contributed by atoms with Crippen LogP contribution in [0.3, 0.4) is 0 Å². The third-order valence-corrected chi connectivity index (χ3v) is 13.2. The van der Waals surface area contributed by atoms with Crippen molar-refractivity contribution < 1.29 is 24.9 Å². The number of carboxylic acids is 1. The molecule has 1 unspecified atom stereocenters. The van der Waals surface area contributed by atoms with E-state index in [-0.39, 0.29) is 45.2 Å². The SMILES string of the molecule is CC1(C)C2C[C@@H](O)[C@]3(C)[C@H](C(=O)C=C4[C@H]5C[C@@](C)(C(=O)O)CC[C@]5(C)CC[C@]43C)[C@@]2(C)CC[C@@H]1O. The minimum absolute atomic E-state index is 0.00717. The number of carbonyl (C=O) groups is 2. The van der Waals surface area contributed by atoms with Gasteiger partial charge in [0.25, 0.3) is 0 Å². The van der Waals surface area contributed by atoms with Crippen molar-refractivity contribution in [1.82, 2.24) is 0 Å². The van der Waals surface area contributed by atoms with E-state index in [1.807, 2.05) is 13.0 Å². The van der Waals surface area contributed by atoms with Gasteiger partial charge in [-0.1, -0.05) is 47.1 Å². The van der Waals surface area contributed by atoms with Gasteiger partial charge < -0.3 is 15.3 Å². The molecule has 0 aliphatic heterocycles. The Morgan fingerprint density at radius 3 is 2.17 bits per heavy atom. The summed E-state index contributed by atoms with van der Waals surface area (Å²) in [6.45, 7) is 15.0. The molecule has 4 fully saturated rings. The maximum Gasteiger partial charge on any atom is 0.309 e. The minimum Gasteiger partial charge on any atom is -0.481 e. The molecule has 5 rings (SSSR count). The molecule has 4 saturated carbocycles. The summed E-state index contributed by atoms with van der Waals surface area (Å²) in [6, 6.07) is 0. The molecule has 0 aromatic carbocycles. The first-order chi connectivity index (χ1) is 16.0. The highest BCUT2D eigenvalue weighted by molar-refractivity contribution is 5.96. The Morgan fingerprint density at radius 2 is 1.54 bits per heavy atom. The van der Waals surface area contributed by atoms with E-state index in [0.717, 1.165) is 31.3 Å². The van der Waals surface area contributed by atoms with E-state index in [1.54, 1.807) is 0 Å². The predicted octanol–water partition coefficient (Wildman–Crippen LogP) is 5.38. The van der Waals surface area contributed by atoms with Crippen molar-refractivity contribution in [2.75, 3.05) is 0 Å². The maximum atomic E-state index is 14.2. The van der Waals surface area contributed by atoms with Crippen LogP contribution in [0.5, 0.6) is 0 Å². The topological polar surface area (TPSA) is 94.8 Å². The number of allylic oxidation sites excluding steroid dienone is 2. The Labute approximate surface area is 210 Å².